The number of carbonyl (C=O) groups is 2. The Labute approximate surface area is 115 Å². The van der Waals surface area contributed by atoms with Crippen LogP contribution in [0.1, 0.15) is 52.4 Å². The maximum absolute atomic E-state index is 12.1. The summed E-state index contributed by atoms with van der Waals surface area (Å²) in [7, 11) is 0. The summed E-state index contributed by atoms with van der Waals surface area (Å²) < 4.78 is 0. The summed E-state index contributed by atoms with van der Waals surface area (Å²) in [5.41, 5.74) is 0. The van der Waals surface area contributed by atoms with Crippen LogP contribution in [0.15, 0.2) is 0 Å². The number of carboxylic acid groups (broad SMARTS) is 1. The number of rotatable bonds is 6. The molecular formula is C14H26N2O3. The third-order valence-electron chi connectivity index (χ3n) is 3.77. The lowest BCUT2D eigenvalue weighted by atomic mass is 9.96. The van der Waals surface area contributed by atoms with Crippen molar-refractivity contribution in [2.45, 2.75) is 58.4 Å². The van der Waals surface area contributed by atoms with Crippen LogP contribution < -0.4 is 5.32 Å². The number of hydrogen-bond donors (Lipinski definition) is 2. The summed E-state index contributed by atoms with van der Waals surface area (Å²) in [6.07, 6.45) is 4.91. The Bertz CT molecular complexity index is 307. The highest BCUT2D eigenvalue weighted by molar-refractivity contribution is 5.76. The number of nitrogens with zero attached hydrogens (tertiary/aromatic N) is 1. The lowest BCUT2D eigenvalue weighted by Gasteiger charge is -2.33. The van der Waals surface area contributed by atoms with E-state index in [1.165, 1.54) is 6.42 Å². The predicted molar refractivity (Wildman–Crippen MR) is 74.1 cm³/mol. The van der Waals surface area contributed by atoms with E-state index in [0.717, 1.165) is 32.4 Å². The minimum absolute atomic E-state index is 0.00459. The molecule has 0 saturated carbocycles. The van der Waals surface area contributed by atoms with Crippen molar-refractivity contribution in [2.75, 3.05) is 13.1 Å². The predicted octanol–water partition coefficient (Wildman–Crippen LogP) is 2.46. The molecule has 1 rings (SSSR count). The van der Waals surface area contributed by atoms with Gasteiger partial charge in [-0.2, -0.15) is 0 Å². The van der Waals surface area contributed by atoms with Crippen molar-refractivity contribution in [2.24, 2.45) is 5.92 Å². The molecule has 0 bridgehead atoms. The minimum Gasteiger partial charge on any atom is -0.481 e. The number of aliphatic carboxylic acids is 1. The van der Waals surface area contributed by atoms with Gasteiger partial charge in [0.1, 0.15) is 0 Å². The van der Waals surface area contributed by atoms with Crippen molar-refractivity contribution < 1.29 is 14.7 Å². The van der Waals surface area contributed by atoms with E-state index in [2.05, 4.69) is 12.2 Å². The average molecular weight is 270 g/mol. The Morgan fingerprint density at radius 2 is 2.16 bits per heavy atom. The van der Waals surface area contributed by atoms with Crippen LogP contribution in [0.4, 0.5) is 4.79 Å². The number of piperidine rings is 1. The normalized spacial score (nSPS) is 20.9. The van der Waals surface area contributed by atoms with Crippen LogP contribution in [0.5, 0.6) is 0 Å². The van der Waals surface area contributed by atoms with Crippen LogP contribution in [0.3, 0.4) is 0 Å². The van der Waals surface area contributed by atoms with Gasteiger partial charge in [-0.25, -0.2) is 4.79 Å². The Morgan fingerprint density at radius 1 is 1.42 bits per heavy atom. The largest absolute Gasteiger partial charge is 0.481 e. The standard InChI is InChI=1S/C14H26N2O3/c1-3-6-12(9-13(17)18)15-14(19)16-8-5-7-11(4-2)10-16/h11-12H,3-10H2,1-2H3,(H,15,19)(H,17,18). The molecule has 1 aliphatic rings. The number of urea groups is 1. The second-order valence-corrected chi connectivity index (χ2v) is 5.40. The summed E-state index contributed by atoms with van der Waals surface area (Å²) in [6.45, 7) is 5.73. The maximum atomic E-state index is 12.1. The second kappa shape index (κ2) is 8.02. The molecule has 2 unspecified atom stereocenters. The van der Waals surface area contributed by atoms with Gasteiger partial charge in [-0.1, -0.05) is 26.7 Å². The third-order valence-corrected chi connectivity index (χ3v) is 3.77. The quantitative estimate of drug-likeness (QED) is 0.779. The smallest absolute Gasteiger partial charge is 0.317 e. The SMILES string of the molecule is CCCC(CC(=O)O)NC(=O)N1CCCC(CC)C1. The van der Waals surface area contributed by atoms with E-state index in [1.54, 1.807) is 0 Å². The van der Waals surface area contributed by atoms with E-state index in [-0.39, 0.29) is 18.5 Å². The van der Waals surface area contributed by atoms with Gasteiger partial charge < -0.3 is 15.3 Å². The molecule has 1 saturated heterocycles. The molecule has 110 valence electrons. The first kappa shape index (κ1) is 15.8. The first-order valence-corrected chi connectivity index (χ1v) is 7.34. The highest BCUT2D eigenvalue weighted by atomic mass is 16.4. The summed E-state index contributed by atoms with van der Waals surface area (Å²) in [5, 5.41) is 11.7. The van der Waals surface area contributed by atoms with Crippen molar-refractivity contribution in [1.82, 2.24) is 10.2 Å². The van der Waals surface area contributed by atoms with Gasteiger partial charge in [-0.05, 0) is 25.2 Å². The third kappa shape index (κ3) is 5.49. The number of amides is 2. The molecule has 5 heteroatoms. The number of hydrogen-bond acceptors (Lipinski definition) is 2. The zero-order valence-electron chi connectivity index (χ0n) is 12.0. The molecule has 0 aromatic heterocycles. The van der Waals surface area contributed by atoms with E-state index >= 15 is 0 Å². The van der Waals surface area contributed by atoms with Crippen LogP contribution >= 0.6 is 0 Å². The van der Waals surface area contributed by atoms with E-state index in [4.69, 9.17) is 5.11 Å². The molecule has 0 aromatic carbocycles. The Kier molecular flexibility index (Phi) is 6.67. The van der Waals surface area contributed by atoms with Gasteiger partial charge in [-0.3, -0.25) is 4.79 Å². The number of carbonyl (C=O) groups excluding carboxylic acids is 1. The number of likely N-dealkylation sites (tertiary alicyclic amines) is 1. The van der Waals surface area contributed by atoms with Gasteiger partial charge in [0.25, 0.3) is 0 Å². The number of nitrogens with one attached hydrogen (secondary N) is 1. The minimum atomic E-state index is -0.858. The fourth-order valence-corrected chi connectivity index (χ4v) is 2.63. The van der Waals surface area contributed by atoms with Crippen molar-refractivity contribution in [3.63, 3.8) is 0 Å². The first-order chi connectivity index (χ1) is 9.06. The highest BCUT2D eigenvalue weighted by Crippen LogP contribution is 2.19. The van der Waals surface area contributed by atoms with Gasteiger partial charge in [0.2, 0.25) is 0 Å². The van der Waals surface area contributed by atoms with E-state index < -0.39 is 5.97 Å². The molecule has 0 aliphatic carbocycles. The Hall–Kier alpha value is -1.26. The molecule has 2 N–H and O–H groups in total. The van der Waals surface area contributed by atoms with Crippen LogP contribution in [0.2, 0.25) is 0 Å². The maximum Gasteiger partial charge on any atom is 0.317 e. The van der Waals surface area contributed by atoms with Crippen LogP contribution in [0, 0.1) is 5.92 Å². The van der Waals surface area contributed by atoms with Gasteiger partial charge >= 0.3 is 12.0 Å². The molecule has 2 atom stereocenters. The van der Waals surface area contributed by atoms with E-state index in [9.17, 15) is 9.59 Å². The molecule has 1 heterocycles. The van der Waals surface area contributed by atoms with Crippen LogP contribution in [-0.2, 0) is 4.79 Å². The number of carboxylic acids is 1. The first-order valence-electron chi connectivity index (χ1n) is 7.34. The Balaban J connectivity index is 2.48. The van der Waals surface area contributed by atoms with Crippen molar-refractivity contribution >= 4 is 12.0 Å². The summed E-state index contributed by atoms with van der Waals surface area (Å²) >= 11 is 0. The molecule has 5 nitrogen and oxygen atoms in total. The summed E-state index contributed by atoms with van der Waals surface area (Å²) in [6, 6.07) is -0.352. The zero-order valence-corrected chi connectivity index (χ0v) is 12.0. The molecular weight excluding hydrogens is 244 g/mol. The summed E-state index contributed by atoms with van der Waals surface area (Å²) in [4.78, 5) is 24.8. The molecule has 19 heavy (non-hydrogen) atoms. The van der Waals surface area contributed by atoms with Gasteiger partial charge in [0, 0.05) is 19.1 Å². The van der Waals surface area contributed by atoms with Crippen LogP contribution in [-0.4, -0.2) is 41.1 Å². The fraction of sp³-hybridized carbons (Fsp3) is 0.857. The van der Waals surface area contributed by atoms with Crippen molar-refractivity contribution in [3.8, 4) is 0 Å². The lowest BCUT2D eigenvalue weighted by molar-refractivity contribution is -0.137. The summed E-state index contributed by atoms with van der Waals surface area (Å²) in [5.74, 6) is -0.271. The molecule has 1 aliphatic heterocycles. The fourth-order valence-electron chi connectivity index (χ4n) is 2.63. The van der Waals surface area contributed by atoms with E-state index in [1.807, 2.05) is 11.8 Å². The highest BCUT2D eigenvalue weighted by Gasteiger charge is 2.24. The monoisotopic (exact) mass is 270 g/mol. The van der Waals surface area contributed by atoms with Crippen molar-refractivity contribution in [1.29, 1.82) is 0 Å². The topological polar surface area (TPSA) is 69.6 Å². The van der Waals surface area contributed by atoms with Crippen LogP contribution in [0.25, 0.3) is 0 Å². The van der Waals surface area contributed by atoms with Gasteiger partial charge in [0.15, 0.2) is 0 Å². The van der Waals surface area contributed by atoms with Gasteiger partial charge in [-0.15, -0.1) is 0 Å². The van der Waals surface area contributed by atoms with Crippen molar-refractivity contribution in [3.05, 3.63) is 0 Å². The molecule has 2 amide bonds. The second-order valence-electron chi connectivity index (χ2n) is 5.40. The van der Waals surface area contributed by atoms with Gasteiger partial charge in [0.05, 0.1) is 6.42 Å². The molecule has 0 aromatic rings. The zero-order chi connectivity index (χ0) is 14.3. The molecule has 1 fully saturated rings. The molecule has 0 spiro atoms. The average Bonchev–Trinajstić information content (AvgIpc) is 2.38. The Morgan fingerprint density at radius 3 is 2.74 bits per heavy atom. The lowest BCUT2D eigenvalue weighted by Crippen LogP contribution is -2.49. The van der Waals surface area contributed by atoms with E-state index in [0.29, 0.717) is 12.3 Å². The molecule has 0 radical (unpaired) electrons.